The van der Waals surface area contributed by atoms with E-state index in [-0.39, 0.29) is 0 Å². The molecule has 108 valence electrons. The van der Waals surface area contributed by atoms with E-state index >= 15 is 0 Å². The summed E-state index contributed by atoms with van der Waals surface area (Å²) in [4.78, 5) is 18.8. The summed E-state index contributed by atoms with van der Waals surface area (Å²) in [6, 6.07) is 3.95. The van der Waals surface area contributed by atoms with Gasteiger partial charge in [0.2, 0.25) is 5.91 Å². The largest absolute Gasteiger partial charge is 0.338 e. The molecule has 2 fully saturated rings. The van der Waals surface area contributed by atoms with Gasteiger partial charge >= 0.3 is 0 Å². The van der Waals surface area contributed by atoms with Crippen LogP contribution in [-0.2, 0) is 11.3 Å². The Labute approximate surface area is 120 Å². The van der Waals surface area contributed by atoms with Crippen molar-refractivity contribution in [3.8, 4) is 0 Å². The van der Waals surface area contributed by atoms with E-state index in [1.165, 1.54) is 19.3 Å². The molecule has 0 aliphatic heterocycles. The van der Waals surface area contributed by atoms with Crippen molar-refractivity contribution in [2.45, 2.75) is 32.2 Å². The molecule has 0 spiro atoms. The summed E-state index contributed by atoms with van der Waals surface area (Å²) in [5, 5.41) is 0. The molecule has 2 unspecified atom stereocenters. The number of hydrogen-bond acceptors (Lipinski definition) is 3. The lowest BCUT2D eigenvalue weighted by molar-refractivity contribution is -0.134. The van der Waals surface area contributed by atoms with Gasteiger partial charge in [0, 0.05) is 31.4 Å². The summed E-state index contributed by atoms with van der Waals surface area (Å²) < 4.78 is 0. The summed E-state index contributed by atoms with van der Waals surface area (Å²) in [7, 11) is 0. The van der Waals surface area contributed by atoms with Crippen molar-refractivity contribution in [1.82, 2.24) is 9.88 Å². The van der Waals surface area contributed by atoms with Crippen LogP contribution in [0.5, 0.6) is 0 Å². The molecule has 0 bridgehead atoms. The van der Waals surface area contributed by atoms with Crippen molar-refractivity contribution >= 4 is 5.91 Å². The lowest BCUT2D eigenvalue weighted by Gasteiger charge is -2.23. The molecule has 0 saturated heterocycles. The van der Waals surface area contributed by atoms with Gasteiger partial charge in [0.25, 0.3) is 0 Å². The Morgan fingerprint density at radius 2 is 2.20 bits per heavy atom. The highest BCUT2D eigenvalue weighted by Gasteiger charge is 2.57. The van der Waals surface area contributed by atoms with E-state index in [1.54, 1.807) is 6.20 Å². The van der Waals surface area contributed by atoms with Gasteiger partial charge in [-0.3, -0.25) is 9.78 Å². The zero-order chi connectivity index (χ0) is 13.9. The number of nitrogens with zero attached hydrogens (tertiary/aromatic N) is 2. The molecule has 4 nitrogen and oxygen atoms in total. The van der Waals surface area contributed by atoms with Crippen LogP contribution in [-0.4, -0.2) is 28.9 Å². The molecule has 3 rings (SSSR count). The van der Waals surface area contributed by atoms with E-state index in [0.717, 1.165) is 18.5 Å². The molecule has 2 aliphatic rings. The molecule has 4 heteroatoms. The Bertz CT molecular complexity index is 452. The van der Waals surface area contributed by atoms with Crippen molar-refractivity contribution in [3.05, 3.63) is 30.1 Å². The summed E-state index contributed by atoms with van der Waals surface area (Å²) in [6.07, 6.45) is 8.28. The predicted molar refractivity (Wildman–Crippen MR) is 77.6 cm³/mol. The minimum absolute atomic E-state index is 0.304. The molecule has 2 N–H and O–H groups in total. The SMILES string of the molecule is NCCCN(Cc1cccnc1)C(=O)C1C2CCCC21. The molecule has 2 saturated carbocycles. The normalized spacial score (nSPS) is 27.1. The van der Waals surface area contributed by atoms with Gasteiger partial charge < -0.3 is 10.6 Å². The van der Waals surface area contributed by atoms with E-state index in [4.69, 9.17) is 5.73 Å². The van der Waals surface area contributed by atoms with Gasteiger partial charge in [0.1, 0.15) is 0 Å². The Hall–Kier alpha value is -1.42. The quantitative estimate of drug-likeness (QED) is 0.860. The minimum atomic E-state index is 0.304. The topological polar surface area (TPSA) is 59.2 Å². The van der Waals surface area contributed by atoms with Gasteiger partial charge in [-0.15, -0.1) is 0 Å². The van der Waals surface area contributed by atoms with Crippen molar-refractivity contribution in [2.75, 3.05) is 13.1 Å². The van der Waals surface area contributed by atoms with E-state index in [9.17, 15) is 4.79 Å². The van der Waals surface area contributed by atoms with Crippen LogP contribution in [0.2, 0.25) is 0 Å². The molecule has 1 amide bonds. The third kappa shape index (κ3) is 2.70. The molecule has 1 heterocycles. The fourth-order valence-corrected chi connectivity index (χ4v) is 3.66. The van der Waals surface area contributed by atoms with Crippen LogP contribution in [0.15, 0.2) is 24.5 Å². The summed E-state index contributed by atoms with van der Waals surface area (Å²) in [6.45, 7) is 2.07. The first-order valence-corrected chi connectivity index (χ1v) is 7.69. The van der Waals surface area contributed by atoms with Gasteiger partial charge in [-0.05, 0) is 49.3 Å². The second kappa shape index (κ2) is 5.92. The molecule has 1 aromatic heterocycles. The van der Waals surface area contributed by atoms with Gasteiger partial charge in [-0.25, -0.2) is 0 Å². The van der Waals surface area contributed by atoms with E-state index in [2.05, 4.69) is 4.98 Å². The summed E-state index contributed by atoms with van der Waals surface area (Å²) in [5.41, 5.74) is 6.70. The zero-order valence-corrected chi connectivity index (χ0v) is 11.9. The molecule has 1 aromatic rings. The fourth-order valence-electron chi connectivity index (χ4n) is 3.66. The monoisotopic (exact) mass is 273 g/mol. The predicted octanol–water partition coefficient (Wildman–Crippen LogP) is 1.81. The number of hydrogen-bond donors (Lipinski definition) is 1. The van der Waals surface area contributed by atoms with E-state index < -0.39 is 0 Å². The first-order valence-electron chi connectivity index (χ1n) is 7.69. The molecule has 0 aromatic carbocycles. The Balaban J connectivity index is 1.64. The number of carbonyl (C=O) groups is 1. The van der Waals surface area contributed by atoms with Crippen molar-refractivity contribution in [1.29, 1.82) is 0 Å². The molecular formula is C16H23N3O. The maximum Gasteiger partial charge on any atom is 0.226 e. The van der Waals surface area contributed by atoms with Crippen LogP contribution in [0.3, 0.4) is 0 Å². The Morgan fingerprint density at radius 3 is 2.85 bits per heavy atom. The Kier molecular flexibility index (Phi) is 4.01. The molecule has 2 atom stereocenters. The van der Waals surface area contributed by atoms with E-state index in [1.807, 2.05) is 23.2 Å². The van der Waals surface area contributed by atoms with Crippen LogP contribution < -0.4 is 5.73 Å². The van der Waals surface area contributed by atoms with Gasteiger partial charge in [0.15, 0.2) is 0 Å². The number of pyridine rings is 1. The number of nitrogens with two attached hydrogens (primary N) is 1. The average Bonchev–Trinajstić information content (AvgIpc) is 2.96. The van der Waals surface area contributed by atoms with Crippen LogP contribution >= 0.6 is 0 Å². The van der Waals surface area contributed by atoms with Gasteiger partial charge in [-0.1, -0.05) is 12.5 Å². The van der Waals surface area contributed by atoms with Crippen molar-refractivity contribution in [3.63, 3.8) is 0 Å². The van der Waals surface area contributed by atoms with E-state index in [0.29, 0.717) is 36.8 Å². The second-order valence-electron chi connectivity index (χ2n) is 6.05. The third-order valence-corrected chi connectivity index (χ3v) is 4.73. The number of amides is 1. The first kappa shape index (κ1) is 13.6. The molecular weight excluding hydrogens is 250 g/mol. The van der Waals surface area contributed by atoms with Gasteiger partial charge in [-0.2, -0.15) is 0 Å². The number of carbonyl (C=O) groups excluding carboxylic acids is 1. The van der Waals surface area contributed by atoms with Crippen molar-refractivity contribution in [2.24, 2.45) is 23.5 Å². The van der Waals surface area contributed by atoms with Crippen LogP contribution in [0.1, 0.15) is 31.2 Å². The highest BCUT2D eigenvalue weighted by molar-refractivity contribution is 5.82. The molecule has 20 heavy (non-hydrogen) atoms. The lowest BCUT2D eigenvalue weighted by Crippen LogP contribution is -2.34. The standard InChI is InChI=1S/C16H23N3O/c17-7-3-9-19(11-12-4-2-8-18-10-12)16(20)15-13-5-1-6-14(13)15/h2,4,8,10,13-15H,1,3,5-7,9,11,17H2. The highest BCUT2D eigenvalue weighted by Crippen LogP contribution is 2.58. The maximum atomic E-state index is 12.7. The number of aromatic nitrogens is 1. The maximum absolute atomic E-state index is 12.7. The smallest absolute Gasteiger partial charge is 0.226 e. The molecule has 0 radical (unpaired) electrons. The summed E-state index contributed by atoms with van der Waals surface area (Å²) >= 11 is 0. The van der Waals surface area contributed by atoms with Crippen molar-refractivity contribution < 1.29 is 4.79 Å². The number of rotatable bonds is 6. The zero-order valence-electron chi connectivity index (χ0n) is 11.9. The lowest BCUT2D eigenvalue weighted by atomic mass is 10.1. The second-order valence-corrected chi connectivity index (χ2v) is 6.05. The summed E-state index contributed by atoms with van der Waals surface area (Å²) in [5.74, 6) is 2.00. The van der Waals surface area contributed by atoms with Crippen LogP contribution in [0, 0.1) is 17.8 Å². The average molecular weight is 273 g/mol. The first-order chi connectivity index (χ1) is 9.81. The minimum Gasteiger partial charge on any atom is -0.338 e. The Morgan fingerprint density at radius 1 is 1.40 bits per heavy atom. The fraction of sp³-hybridized carbons (Fsp3) is 0.625. The molecule has 2 aliphatic carbocycles. The van der Waals surface area contributed by atoms with Crippen LogP contribution in [0.25, 0.3) is 0 Å². The third-order valence-electron chi connectivity index (χ3n) is 4.73. The van der Waals surface area contributed by atoms with Gasteiger partial charge in [0.05, 0.1) is 0 Å². The number of fused-ring (bicyclic) bond motifs is 1. The van der Waals surface area contributed by atoms with Crippen LogP contribution in [0.4, 0.5) is 0 Å². The highest BCUT2D eigenvalue weighted by atomic mass is 16.2.